The van der Waals surface area contributed by atoms with Crippen molar-refractivity contribution in [2.45, 2.75) is 64.2 Å². The molecule has 2 N–H and O–H groups in total. The highest BCUT2D eigenvalue weighted by Gasteiger charge is 2.50. The van der Waals surface area contributed by atoms with Gasteiger partial charge in [-0.25, -0.2) is 0 Å². The predicted molar refractivity (Wildman–Crippen MR) is 68.9 cm³/mol. The fourth-order valence-corrected chi connectivity index (χ4v) is 3.45. The third-order valence-electron chi connectivity index (χ3n) is 4.55. The van der Waals surface area contributed by atoms with E-state index < -0.39 is 17.6 Å². The Balaban J connectivity index is 2.23. The van der Waals surface area contributed by atoms with Gasteiger partial charge in [0.25, 0.3) is 0 Å². The summed E-state index contributed by atoms with van der Waals surface area (Å²) < 4.78 is 0. The Morgan fingerprint density at radius 2 is 2.06 bits per heavy atom. The molecule has 4 atom stereocenters. The first-order valence-electron chi connectivity index (χ1n) is 7.05. The van der Waals surface area contributed by atoms with Crippen LogP contribution in [-0.2, 0) is 4.79 Å². The smallest absolute Gasteiger partial charge is 0.228 e. The number of nitrogens with zero attached hydrogens (tertiary/aromatic N) is 1. The highest BCUT2D eigenvalue weighted by molar-refractivity contribution is 5.81. The van der Waals surface area contributed by atoms with Crippen LogP contribution in [0.15, 0.2) is 0 Å². The monoisotopic (exact) mass is 255 g/mol. The molecule has 4 heteroatoms. The van der Waals surface area contributed by atoms with E-state index in [1.54, 1.807) is 0 Å². The van der Waals surface area contributed by atoms with Crippen LogP contribution in [0.2, 0.25) is 0 Å². The fraction of sp³-hybridized carbons (Fsp3) is 0.929. The molecule has 2 heterocycles. The van der Waals surface area contributed by atoms with Crippen molar-refractivity contribution in [3.63, 3.8) is 0 Å². The number of carbonyl (C=O) groups is 1. The number of rotatable bonds is 2. The molecule has 2 fully saturated rings. The molecule has 0 aromatic carbocycles. The molecule has 2 saturated heterocycles. The second kappa shape index (κ2) is 4.82. The molecule has 2 aliphatic heterocycles. The predicted octanol–water partition coefficient (Wildman–Crippen LogP) is 1.16. The summed E-state index contributed by atoms with van der Waals surface area (Å²) in [6.45, 7) is 6.35. The second-order valence-electron chi connectivity index (χ2n) is 6.45. The molecule has 0 radical (unpaired) electrons. The summed E-state index contributed by atoms with van der Waals surface area (Å²) in [5.74, 6) is -0.377. The van der Waals surface area contributed by atoms with Gasteiger partial charge in [0.05, 0.1) is 23.7 Å². The molecule has 18 heavy (non-hydrogen) atoms. The van der Waals surface area contributed by atoms with Gasteiger partial charge in [0.1, 0.15) is 0 Å². The number of hydrogen-bond donors (Lipinski definition) is 2. The van der Waals surface area contributed by atoms with E-state index in [1.165, 1.54) is 0 Å². The van der Waals surface area contributed by atoms with E-state index >= 15 is 0 Å². The van der Waals surface area contributed by atoms with Gasteiger partial charge >= 0.3 is 0 Å². The quantitative estimate of drug-likeness (QED) is 0.778. The lowest BCUT2D eigenvalue weighted by Crippen LogP contribution is -2.64. The molecule has 0 spiro atoms. The first kappa shape index (κ1) is 13.8. The maximum Gasteiger partial charge on any atom is 0.228 e. The Morgan fingerprint density at radius 3 is 2.67 bits per heavy atom. The van der Waals surface area contributed by atoms with Gasteiger partial charge < -0.3 is 15.1 Å². The van der Waals surface area contributed by atoms with Crippen LogP contribution in [0.1, 0.15) is 46.5 Å². The number of amides is 1. The highest BCUT2D eigenvalue weighted by atomic mass is 16.3. The van der Waals surface area contributed by atoms with Crippen molar-refractivity contribution in [1.29, 1.82) is 0 Å². The molecular weight excluding hydrogens is 230 g/mol. The lowest BCUT2D eigenvalue weighted by Gasteiger charge is -2.51. The molecular formula is C14H25NO3. The molecule has 0 saturated carbocycles. The van der Waals surface area contributed by atoms with Gasteiger partial charge in [-0.1, -0.05) is 13.8 Å². The van der Waals surface area contributed by atoms with Crippen molar-refractivity contribution in [3.8, 4) is 0 Å². The van der Waals surface area contributed by atoms with Crippen LogP contribution in [-0.4, -0.2) is 45.3 Å². The topological polar surface area (TPSA) is 60.8 Å². The maximum atomic E-state index is 12.4. The van der Waals surface area contributed by atoms with E-state index in [0.29, 0.717) is 6.42 Å². The molecule has 104 valence electrons. The van der Waals surface area contributed by atoms with E-state index in [4.69, 9.17) is 0 Å². The molecule has 0 aromatic rings. The maximum absolute atomic E-state index is 12.4. The third-order valence-corrected chi connectivity index (χ3v) is 4.55. The van der Waals surface area contributed by atoms with Gasteiger partial charge in [0.15, 0.2) is 0 Å². The zero-order chi connectivity index (χ0) is 13.5. The van der Waals surface area contributed by atoms with Crippen LogP contribution < -0.4 is 0 Å². The summed E-state index contributed by atoms with van der Waals surface area (Å²) >= 11 is 0. The number of fused-ring (bicyclic) bond motifs is 1. The van der Waals surface area contributed by atoms with Crippen molar-refractivity contribution < 1.29 is 15.0 Å². The van der Waals surface area contributed by atoms with Crippen molar-refractivity contribution in [2.75, 3.05) is 6.54 Å². The van der Waals surface area contributed by atoms with Crippen LogP contribution in [0, 0.1) is 11.8 Å². The average Bonchev–Trinajstić information content (AvgIpc) is 2.33. The van der Waals surface area contributed by atoms with Gasteiger partial charge in [-0.2, -0.15) is 0 Å². The molecule has 1 amide bonds. The zero-order valence-corrected chi connectivity index (χ0v) is 11.6. The third kappa shape index (κ3) is 2.28. The van der Waals surface area contributed by atoms with E-state index in [0.717, 1.165) is 25.8 Å². The number of aliphatic hydroxyl groups is 2. The average molecular weight is 255 g/mol. The van der Waals surface area contributed by atoms with E-state index in [9.17, 15) is 15.0 Å². The highest BCUT2D eigenvalue weighted by Crippen LogP contribution is 2.39. The standard InChI is InChI=1S/C14H25NO3/c1-9(2)12(16)10-8-14(3,18)11-6-4-5-7-15(11)13(10)17/h9-12,16,18H,4-8H2,1-3H3/t10?,11-,12+,14-/m1/s1. The Bertz CT molecular complexity index is 327. The van der Waals surface area contributed by atoms with Crippen LogP contribution >= 0.6 is 0 Å². The van der Waals surface area contributed by atoms with Crippen LogP contribution in [0.25, 0.3) is 0 Å². The normalized spacial score (nSPS) is 38.8. The second-order valence-corrected chi connectivity index (χ2v) is 6.45. The Hall–Kier alpha value is -0.610. The van der Waals surface area contributed by atoms with Crippen LogP contribution in [0.5, 0.6) is 0 Å². The van der Waals surface area contributed by atoms with Crippen LogP contribution in [0.4, 0.5) is 0 Å². The van der Waals surface area contributed by atoms with E-state index in [2.05, 4.69) is 0 Å². The van der Waals surface area contributed by atoms with E-state index in [-0.39, 0.29) is 17.9 Å². The van der Waals surface area contributed by atoms with Crippen molar-refractivity contribution in [3.05, 3.63) is 0 Å². The van der Waals surface area contributed by atoms with E-state index in [1.807, 2.05) is 25.7 Å². The SMILES string of the molecule is CC(C)[C@H](O)C1C[C@@](C)(O)[C@H]2CCCCN2C1=O. The summed E-state index contributed by atoms with van der Waals surface area (Å²) in [4.78, 5) is 14.3. The molecule has 4 nitrogen and oxygen atoms in total. The molecule has 0 aromatic heterocycles. The summed E-state index contributed by atoms with van der Waals surface area (Å²) in [5.41, 5.74) is -0.866. The number of aliphatic hydroxyl groups excluding tert-OH is 1. The minimum atomic E-state index is -0.866. The summed E-state index contributed by atoms with van der Waals surface area (Å²) in [7, 11) is 0. The number of piperidine rings is 2. The lowest BCUT2D eigenvalue weighted by molar-refractivity contribution is -0.171. The summed E-state index contributed by atoms with van der Waals surface area (Å²) in [6, 6.07) is -0.0608. The lowest BCUT2D eigenvalue weighted by atomic mass is 9.73. The summed E-state index contributed by atoms with van der Waals surface area (Å²) in [5, 5.41) is 20.8. The van der Waals surface area contributed by atoms with Crippen molar-refractivity contribution in [1.82, 2.24) is 4.90 Å². The summed E-state index contributed by atoms with van der Waals surface area (Å²) in [6.07, 6.45) is 2.67. The van der Waals surface area contributed by atoms with Crippen molar-refractivity contribution >= 4 is 5.91 Å². The van der Waals surface area contributed by atoms with Gasteiger partial charge in [0, 0.05) is 6.54 Å². The largest absolute Gasteiger partial charge is 0.392 e. The molecule has 2 aliphatic rings. The van der Waals surface area contributed by atoms with Gasteiger partial charge in [-0.05, 0) is 38.5 Å². The first-order chi connectivity index (χ1) is 8.34. The van der Waals surface area contributed by atoms with Gasteiger partial charge in [0.2, 0.25) is 5.91 Å². The fourth-order valence-electron chi connectivity index (χ4n) is 3.45. The number of hydrogen-bond acceptors (Lipinski definition) is 3. The first-order valence-corrected chi connectivity index (χ1v) is 7.05. The zero-order valence-electron chi connectivity index (χ0n) is 11.6. The minimum absolute atomic E-state index is 0.0347. The number of carbonyl (C=O) groups excluding carboxylic acids is 1. The van der Waals surface area contributed by atoms with Crippen LogP contribution in [0.3, 0.4) is 0 Å². The Morgan fingerprint density at radius 1 is 1.39 bits per heavy atom. The Labute approximate surface area is 109 Å². The van der Waals surface area contributed by atoms with Gasteiger partial charge in [-0.15, -0.1) is 0 Å². The molecule has 1 unspecified atom stereocenters. The van der Waals surface area contributed by atoms with Crippen molar-refractivity contribution in [2.24, 2.45) is 11.8 Å². The minimum Gasteiger partial charge on any atom is -0.392 e. The molecule has 0 aliphatic carbocycles. The Kier molecular flexibility index (Phi) is 3.70. The molecule has 2 rings (SSSR count). The van der Waals surface area contributed by atoms with Gasteiger partial charge in [-0.3, -0.25) is 4.79 Å². The molecule has 0 bridgehead atoms.